The molecule has 1 aromatic carbocycles. The van der Waals surface area contributed by atoms with E-state index in [1.807, 2.05) is 6.08 Å². The van der Waals surface area contributed by atoms with Gasteiger partial charge in [-0.15, -0.1) is 0 Å². The zero-order valence-corrected chi connectivity index (χ0v) is 13.9. The van der Waals surface area contributed by atoms with Crippen molar-refractivity contribution in [2.75, 3.05) is 46.1 Å². The number of alkyl halides is 3. The van der Waals surface area contributed by atoms with E-state index in [2.05, 4.69) is 5.32 Å². The number of benzene rings is 1. The second-order valence-corrected chi connectivity index (χ2v) is 6.27. The van der Waals surface area contributed by atoms with E-state index < -0.39 is 11.7 Å². The lowest BCUT2D eigenvalue weighted by atomic mass is 9.99. The fraction of sp³-hybridized carbons (Fsp3) is 0.556. The van der Waals surface area contributed by atoms with Gasteiger partial charge < -0.3 is 19.5 Å². The van der Waals surface area contributed by atoms with Crippen LogP contribution in [0.1, 0.15) is 17.5 Å². The first-order chi connectivity index (χ1) is 12.0. The van der Waals surface area contributed by atoms with Crippen LogP contribution < -0.4 is 10.1 Å². The summed E-state index contributed by atoms with van der Waals surface area (Å²) < 4.78 is 56.1. The van der Waals surface area contributed by atoms with Gasteiger partial charge in [0, 0.05) is 12.5 Å². The highest BCUT2D eigenvalue weighted by Crippen LogP contribution is 2.34. The van der Waals surface area contributed by atoms with Gasteiger partial charge in [0.15, 0.2) is 0 Å². The van der Waals surface area contributed by atoms with Gasteiger partial charge in [-0.2, -0.15) is 13.2 Å². The summed E-state index contributed by atoms with van der Waals surface area (Å²) in [5, 5.41) is 3.18. The molecule has 1 aromatic rings. The topological polar surface area (TPSA) is 39.7 Å². The summed E-state index contributed by atoms with van der Waals surface area (Å²) in [5.74, 6) is 0.233. The van der Waals surface area contributed by atoms with E-state index in [1.54, 1.807) is 6.07 Å². The number of nitrogens with one attached hydrogen (secondary N) is 1. The van der Waals surface area contributed by atoms with Crippen LogP contribution in [0.25, 0.3) is 5.57 Å². The number of halogens is 3. The van der Waals surface area contributed by atoms with Gasteiger partial charge in [-0.25, -0.2) is 0 Å². The first kappa shape index (κ1) is 18.2. The molecule has 1 fully saturated rings. The van der Waals surface area contributed by atoms with Crippen LogP contribution in [0.3, 0.4) is 0 Å². The van der Waals surface area contributed by atoms with Crippen molar-refractivity contribution in [2.45, 2.75) is 12.6 Å². The molecule has 0 amide bonds. The molecule has 0 atom stereocenters. The average molecular weight is 357 g/mol. The summed E-state index contributed by atoms with van der Waals surface area (Å²) in [5.41, 5.74) is 0.716. The van der Waals surface area contributed by atoms with Crippen molar-refractivity contribution < 1.29 is 27.4 Å². The Labute approximate surface area is 144 Å². The normalized spacial score (nSPS) is 20.0. The molecule has 0 spiro atoms. The molecule has 1 saturated heterocycles. The van der Waals surface area contributed by atoms with Crippen LogP contribution in [0.2, 0.25) is 0 Å². The largest absolute Gasteiger partial charge is 0.493 e. The molecule has 25 heavy (non-hydrogen) atoms. The maximum Gasteiger partial charge on any atom is 0.416 e. The monoisotopic (exact) mass is 357 g/mol. The summed E-state index contributed by atoms with van der Waals surface area (Å²) in [6, 6.07) is 3.91. The van der Waals surface area contributed by atoms with Gasteiger partial charge in [-0.05, 0) is 42.3 Å². The predicted molar refractivity (Wildman–Crippen MR) is 87.5 cm³/mol. The van der Waals surface area contributed by atoms with Crippen molar-refractivity contribution in [2.24, 2.45) is 5.92 Å². The molecule has 2 aliphatic rings. The first-order valence-corrected chi connectivity index (χ1v) is 8.43. The van der Waals surface area contributed by atoms with Crippen LogP contribution in [-0.2, 0) is 15.7 Å². The summed E-state index contributed by atoms with van der Waals surface area (Å²) in [4.78, 5) is 0. The quantitative estimate of drug-likeness (QED) is 0.899. The molecule has 1 N–H and O–H groups in total. The molecule has 0 saturated carbocycles. The number of ether oxygens (including phenoxy) is 3. The Bertz CT molecular complexity index is 608. The fourth-order valence-electron chi connectivity index (χ4n) is 2.87. The minimum atomic E-state index is -4.41. The van der Waals surface area contributed by atoms with Gasteiger partial charge >= 0.3 is 6.18 Å². The van der Waals surface area contributed by atoms with E-state index >= 15 is 0 Å². The highest BCUT2D eigenvalue weighted by atomic mass is 19.4. The smallest absolute Gasteiger partial charge is 0.416 e. The lowest BCUT2D eigenvalue weighted by Crippen LogP contribution is -2.22. The number of rotatable bonds is 4. The SMILES string of the molecule is FC(F)(F)c1cc(OCC2COCCOC2)cc(C2=CCCNC2)c1. The first-order valence-electron chi connectivity index (χ1n) is 8.43. The Morgan fingerprint density at radius 1 is 1.12 bits per heavy atom. The van der Waals surface area contributed by atoms with Crippen molar-refractivity contribution in [1.82, 2.24) is 5.32 Å². The zero-order chi connectivity index (χ0) is 17.7. The molecule has 4 nitrogen and oxygen atoms in total. The third kappa shape index (κ3) is 5.20. The minimum Gasteiger partial charge on any atom is -0.493 e. The van der Waals surface area contributed by atoms with Crippen LogP contribution in [0.5, 0.6) is 5.75 Å². The molecular weight excluding hydrogens is 335 g/mol. The lowest BCUT2D eigenvalue weighted by Gasteiger charge is -2.19. The lowest BCUT2D eigenvalue weighted by molar-refractivity contribution is -0.137. The third-order valence-corrected chi connectivity index (χ3v) is 4.20. The van der Waals surface area contributed by atoms with Crippen molar-refractivity contribution in [3.63, 3.8) is 0 Å². The molecule has 3 rings (SSSR count). The maximum atomic E-state index is 13.2. The predicted octanol–water partition coefficient (Wildman–Crippen LogP) is 3.12. The molecule has 0 aromatic heterocycles. The standard InChI is InChI=1S/C18H22F3NO3/c19-18(20,21)16-6-15(14-2-1-3-22-9-14)7-17(8-16)25-12-13-10-23-4-5-24-11-13/h2,6-8,13,22H,1,3-5,9-12H2. The van der Waals surface area contributed by atoms with E-state index in [0.717, 1.165) is 24.6 Å². The molecule has 0 aliphatic carbocycles. The van der Waals surface area contributed by atoms with Crippen LogP contribution in [0.4, 0.5) is 13.2 Å². The third-order valence-electron chi connectivity index (χ3n) is 4.20. The Kier molecular flexibility index (Phi) is 5.98. The average Bonchev–Trinajstić information content (AvgIpc) is 2.88. The van der Waals surface area contributed by atoms with E-state index in [4.69, 9.17) is 14.2 Å². The van der Waals surface area contributed by atoms with Gasteiger partial charge in [0.25, 0.3) is 0 Å². The van der Waals surface area contributed by atoms with Gasteiger partial charge in [0.2, 0.25) is 0 Å². The van der Waals surface area contributed by atoms with E-state index in [-0.39, 0.29) is 18.3 Å². The Morgan fingerprint density at radius 3 is 2.52 bits per heavy atom. The summed E-state index contributed by atoms with van der Waals surface area (Å²) in [6.45, 7) is 3.70. The fourth-order valence-corrected chi connectivity index (χ4v) is 2.87. The van der Waals surface area contributed by atoms with Gasteiger partial charge in [0.05, 0.1) is 38.6 Å². The zero-order valence-electron chi connectivity index (χ0n) is 13.9. The molecule has 2 aliphatic heterocycles. The van der Waals surface area contributed by atoms with Gasteiger partial charge in [0.1, 0.15) is 5.75 Å². The van der Waals surface area contributed by atoms with Crippen molar-refractivity contribution in [3.8, 4) is 5.75 Å². The number of hydrogen-bond donors (Lipinski definition) is 1. The van der Waals surface area contributed by atoms with Gasteiger partial charge in [-0.1, -0.05) is 6.08 Å². The molecule has 0 radical (unpaired) electrons. The van der Waals surface area contributed by atoms with Crippen LogP contribution in [-0.4, -0.2) is 46.1 Å². The van der Waals surface area contributed by atoms with Crippen molar-refractivity contribution in [3.05, 3.63) is 35.4 Å². The van der Waals surface area contributed by atoms with E-state index in [0.29, 0.717) is 38.5 Å². The Balaban J connectivity index is 1.78. The van der Waals surface area contributed by atoms with Crippen molar-refractivity contribution >= 4 is 5.57 Å². The maximum absolute atomic E-state index is 13.2. The molecule has 7 heteroatoms. The Hall–Kier alpha value is -1.57. The summed E-state index contributed by atoms with van der Waals surface area (Å²) in [6.07, 6.45) is -1.63. The molecule has 2 heterocycles. The number of hydrogen-bond acceptors (Lipinski definition) is 4. The van der Waals surface area contributed by atoms with E-state index in [9.17, 15) is 13.2 Å². The minimum absolute atomic E-state index is 0.0102. The summed E-state index contributed by atoms with van der Waals surface area (Å²) in [7, 11) is 0. The highest BCUT2D eigenvalue weighted by Gasteiger charge is 2.32. The molecule has 0 bridgehead atoms. The molecule has 0 unspecified atom stereocenters. The second-order valence-electron chi connectivity index (χ2n) is 6.27. The summed E-state index contributed by atoms with van der Waals surface area (Å²) >= 11 is 0. The van der Waals surface area contributed by atoms with Crippen LogP contribution in [0, 0.1) is 5.92 Å². The Morgan fingerprint density at radius 2 is 1.88 bits per heavy atom. The highest BCUT2D eigenvalue weighted by molar-refractivity contribution is 5.69. The van der Waals surface area contributed by atoms with Crippen LogP contribution in [0.15, 0.2) is 24.3 Å². The van der Waals surface area contributed by atoms with E-state index in [1.165, 1.54) is 6.07 Å². The van der Waals surface area contributed by atoms with Crippen molar-refractivity contribution in [1.29, 1.82) is 0 Å². The molecule has 138 valence electrons. The molecular formula is C18H22F3NO3. The van der Waals surface area contributed by atoms with Crippen LogP contribution >= 0.6 is 0 Å². The second kappa shape index (κ2) is 8.21. The van der Waals surface area contributed by atoms with Gasteiger partial charge in [-0.3, -0.25) is 0 Å².